The molecule has 5 N–H and O–H groups in total. The molecule has 7 nitrogen and oxygen atoms in total. The van der Waals surface area contributed by atoms with E-state index in [1.54, 1.807) is 0 Å². The van der Waals surface area contributed by atoms with Crippen molar-refractivity contribution in [3.8, 4) is 0 Å². The predicted molar refractivity (Wildman–Crippen MR) is 73.0 cm³/mol. The van der Waals surface area contributed by atoms with Gasteiger partial charge in [0.25, 0.3) is 0 Å². The van der Waals surface area contributed by atoms with E-state index < -0.39 is 23.9 Å². The molecule has 0 radical (unpaired) electrons. The molecular weight excluding hydrogens is 262 g/mol. The fourth-order valence-corrected chi connectivity index (χ4v) is 2.44. The van der Waals surface area contributed by atoms with Crippen molar-refractivity contribution in [2.75, 3.05) is 6.54 Å². The van der Waals surface area contributed by atoms with Crippen LogP contribution in [0.25, 0.3) is 0 Å². The van der Waals surface area contributed by atoms with E-state index in [2.05, 4.69) is 10.6 Å². The van der Waals surface area contributed by atoms with Crippen LogP contribution in [0.15, 0.2) is 0 Å². The van der Waals surface area contributed by atoms with E-state index in [9.17, 15) is 14.4 Å². The van der Waals surface area contributed by atoms with Gasteiger partial charge in [0.15, 0.2) is 0 Å². The molecule has 0 saturated heterocycles. The summed E-state index contributed by atoms with van der Waals surface area (Å²) in [7, 11) is 0. The molecule has 1 saturated carbocycles. The second-order valence-corrected chi connectivity index (χ2v) is 5.24. The van der Waals surface area contributed by atoms with Gasteiger partial charge in [-0.05, 0) is 18.8 Å². The molecule has 1 aliphatic carbocycles. The highest BCUT2D eigenvalue weighted by Gasteiger charge is 2.20. The third kappa shape index (κ3) is 6.40. The van der Waals surface area contributed by atoms with Gasteiger partial charge in [0.05, 0.1) is 0 Å². The molecule has 7 heteroatoms. The number of aliphatic carboxylic acids is 1. The quantitative estimate of drug-likeness (QED) is 0.521. The highest BCUT2D eigenvalue weighted by molar-refractivity contribution is 5.83. The van der Waals surface area contributed by atoms with Crippen LogP contribution in [0.5, 0.6) is 0 Å². The first-order valence-electron chi connectivity index (χ1n) is 7.04. The lowest BCUT2D eigenvalue weighted by Gasteiger charge is -2.15. The zero-order valence-corrected chi connectivity index (χ0v) is 11.6. The van der Waals surface area contributed by atoms with Gasteiger partial charge in [0.1, 0.15) is 6.04 Å². The molecule has 0 aliphatic heterocycles. The maximum atomic E-state index is 11.6. The first-order valence-corrected chi connectivity index (χ1v) is 7.04. The number of carboxylic acid groups (broad SMARTS) is 1. The molecule has 20 heavy (non-hydrogen) atoms. The summed E-state index contributed by atoms with van der Waals surface area (Å²) in [4.78, 5) is 33.1. The van der Waals surface area contributed by atoms with Crippen molar-refractivity contribution in [3.63, 3.8) is 0 Å². The summed E-state index contributed by atoms with van der Waals surface area (Å²) in [6.07, 6.45) is 5.78. The molecule has 0 bridgehead atoms. The molecule has 1 atom stereocenters. The Morgan fingerprint density at radius 2 is 1.90 bits per heavy atom. The van der Waals surface area contributed by atoms with Crippen LogP contribution in [0.2, 0.25) is 0 Å². The monoisotopic (exact) mass is 285 g/mol. The van der Waals surface area contributed by atoms with E-state index in [4.69, 9.17) is 10.8 Å². The zero-order chi connectivity index (χ0) is 15.0. The molecule has 1 aliphatic rings. The Balaban J connectivity index is 2.22. The Morgan fingerprint density at radius 1 is 1.25 bits per heavy atom. The second kappa shape index (κ2) is 8.39. The average molecular weight is 285 g/mol. The average Bonchev–Trinajstić information content (AvgIpc) is 2.87. The fourth-order valence-electron chi connectivity index (χ4n) is 2.44. The number of hydrogen-bond donors (Lipinski definition) is 4. The van der Waals surface area contributed by atoms with Crippen molar-refractivity contribution < 1.29 is 19.5 Å². The first-order chi connectivity index (χ1) is 9.49. The van der Waals surface area contributed by atoms with Gasteiger partial charge in [0.2, 0.25) is 5.91 Å². The smallest absolute Gasteiger partial charge is 0.326 e. The SMILES string of the molecule is NC(=O)CCC(NC(=O)NCCC1CCCC1)C(=O)O. The van der Waals surface area contributed by atoms with Crippen LogP contribution >= 0.6 is 0 Å². The molecule has 114 valence electrons. The number of carbonyl (C=O) groups excluding carboxylic acids is 2. The van der Waals surface area contributed by atoms with E-state index in [1.165, 1.54) is 25.7 Å². The number of primary amides is 1. The Bertz CT molecular complexity index is 354. The van der Waals surface area contributed by atoms with Gasteiger partial charge in [-0.15, -0.1) is 0 Å². The van der Waals surface area contributed by atoms with Crippen molar-refractivity contribution in [2.45, 2.75) is 51.0 Å². The van der Waals surface area contributed by atoms with Crippen molar-refractivity contribution >= 4 is 17.9 Å². The number of amides is 3. The highest BCUT2D eigenvalue weighted by atomic mass is 16.4. The number of rotatable bonds is 8. The Labute approximate surface area is 118 Å². The second-order valence-electron chi connectivity index (χ2n) is 5.24. The summed E-state index contributed by atoms with van der Waals surface area (Å²) in [5, 5.41) is 13.9. The van der Waals surface area contributed by atoms with Crippen LogP contribution in [-0.2, 0) is 9.59 Å². The van der Waals surface area contributed by atoms with E-state index in [-0.39, 0.29) is 12.8 Å². The van der Waals surface area contributed by atoms with Crippen molar-refractivity contribution in [2.24, 2.45) is 11.7 Å². The lowest BCUT2D eigenvalue weighted by Crippen LogP contribution is -2.46. The van der Waals surface area contributed by atoms with Gasteiger partial charge in [0, 0.05) is 13.0 Å². The van der Waals surface area contributed by atoms with Gasteiger partial charge in [-0.25, -0.2) is 9.59 Å². The Kier molecular flexibility index (Phi) is 6.83. The zero-order valence-electron chi connectivity index (χ0n) is 11.6. The van der Waals surface area contributed by atoms with E-state index >= 15 is 0 Å². The fraction of sp³-hybridized carbons (Fsp3) is 0.769. The van der Waals surface area contributed by atoms with Gasteiger partial charge in [-0.1, -0.05) is 25.7 Å². The number of carboxylic acids is 1. The largest absolute Gasteiger partial charge is 0.480 e. The molecule has 0 heterocycles. The maximum Gasteiger partial charge on any atom is 0.326 e. The number of urea groups is 1. The van der Waals surface area contributed by atoms with Crippen molar-refractivity contribution in [1.82, 2.24) is 10.6 Å². The molecule has 0 spiro atoms. The topological polar surface area (TPSA) is 122 Å². The van der Waals surface area contributed by atoms with E-state index in [0.717, 1.165) is 6.42 Å². The minimum absolute atomic E-state index is 0.000706. The van der Waals surface area contributed by atoms with Crippen molar-refractivity contribution in [1.29, 1.82) is 0 Å². The van der Waals surface area contributed by atoms with Gasteiger partial charge in [-0.2, -0.15) is 0 Å². The molecule has 1 fully saturated rings. The Hall–Kier alpha value is -1.79. The minimum Gasteiger partial charge on any atom is -0.480 e. The van der Waals surface area contributed by atoms with Gasteiger partial charge < -0.3 is 21.5 Å². The molecule has 0 aromatic carbocycles. The van der Waals surface area contributed by atoms with Crippen LogP contribution in [0.1, 0.15) is 44.9 Å². The molecule has 3 amide bonds. The summed E-state index contributed by atoms with van der Waals surface area (Å²) >= 11 is 0. The van der Waals surface area contributed by atoms with E-state index in [0.29, 0.717) is 12.5 Å². The minimum atomic E-state index is -1.17. The summed E-state index contributed by atoms with van der Waals surface area (Å²) in [5.74, 6) is -1.09. The van der Waals surface area contributed by atoms with E-state index in [1.807, 2.05) is 0 Å². The van der Waals surface area contributed by atoms with Crippen LogP contribution in [0.3, 0.4) is 0 Å². The van der Waals surface area contributed by atoms with Crippen molar-refractivity contribution in [3.05, 3.63) is 0 Å². The van der Waals surface area contributed by atoms with Gasteiger partial charge >= 0.3 is 12.0 Å². The third-order valence-electron chi connectivity index (χ3n) is 3.60. The summed E-state index contributed by atoms with van der Waals surface area (Å²) in [6.45, 7) is 0.540. The van der Waals surface area contributed by atoms with Crippen LogP contribution in [0.4, 0.5) is 4.79 Å². The number of carbonyl (C=O) groups is 3. The number of hydrogen-bond acceptors (Lipinski definition) is 3. The number of nitrogens with two attached hydrogens (primary N) is 1. The lowest BCUT2D eigenvalue weighted by molar-refractivity contribution is -0.139. The maximum absolute atomic E-state index is 11.6. The molecule has 1 rings (SSSR count). The predicted octanol–water partition coefficient (Wildman–Crippen LogP) is 0.585. The molecular formula is C13H23N3O4. The summed E-state index contributed by atoms with van der Waals surface area (Å²) < 4.78 is 0. The lowest BCUT2D eigenvalue weighted by atomic mass is 10.0. The Morgan fingerprint density at radius 3 is 2.45 bits per heavy atom. The van der Waals surface area contributed by atoms with Crippen LogP contribution in [0, 0.1) is 5.92 Å². The molecule has 0 aromatic rings. The third-order valence-corrected chi connectivity index (χ3v) is 3.60. The standard InChI is InChI=1S/C13H23N3O4/c14-11(17)6-5-10(12(18)19)16-13(20)15-8-7-9-3-1-2-4-9/h9-10H,1-8H2,(H2,14,17)(H,18,19)(H2,15,16,20). The first kappa shape index (κ1) is 16.3. The molecule has 0 aromatic heterocycles. The van der Waals surface area contributed by atoms with Gasteiger partial charge in [-0.3, -0.25) is 4.79 Å². The highest BCUT2D eigenvalue weighted by Crippen LogP contribution is 2.26. The summed E-state index contributed by atoms with van der Waals surface area (Å²) in [6, 6.07) is -1.60. The normalized spacial score (nSPS) is 16.6. The summed E-state index contributed by atoms with van der Waals surface area (Å²) in [5.41, 5.74) is 4.96. The number of nitrogens with one attached hydrogen (secondary N) is 2. The van der Waals surface area contributed by atoms with Crippen LogP contribution < -0.4 is 16.4 Å². The molecule has 1 unspecified atom stereocenters. The van der Waals surface area contributed by atoms with Crippen LogP contribution in [-0.4, -0.2) is 35.6 Å².